The molecule has 2 aromatic carbocycles. The molecule has 2 aromatic heterocycles. The first-order chi connectivity index (χ1) is 18.3. The summed E-state index contributed by atoms with van der Waals surface area (Å²) < 4.78 is 54.8. The number of nitrogens with one attached hydrogen (secondary N) is 2. The molecule has 0 aliphatic carbocycles. The number of fused-ring (bicyclic) bond motifs is 1. The molecule has 0 spiro atoms. The maximum absolute atomic E-state index is 13.9. The van der Waals surface area contributed by atoms with E-state index < -0.39 is 39.4 Å². The number of nitrogens with zero attached hydrogens (tertiary/aromatic N) is 3. The summed E-state index contributed by atoms with van der Waals surface area (Å²) in [4.78, 5) is 34.5. The van der Waals surface area contributed by atoms with Crippen molar-refractivity contribution in [3.8, 4) is 5.69 Å². The van der Waals surface area contributed by atoms with Crippen LogP contribution in [0.2, 0.25) is 0 Å². The Kier molecular flexibility index (Phi) is 7.63. The number of sulfonamides is 1. The SMILES string of the molecule is CC(C)c1ccc(-n2c([C@H](Cc3cc(F)cc(F)c3)NC(=O)O)nc3cc(NS(C)(=O)=O)ccc3c2=O)cn1. The number of aromatic nitrogens is 3. The molecular weight excluding hydrogens is 532 g/mol. The van der Waals surface area contributed by atoms with Gasteiger partial charge in [0.05, 0.1) is 40.8 Å². The van der Waals surface area contributed by atoms with E-state index in [1.807, 2.05) is 13.8 Å². The summed E-state index contributed by atoms with van der Waals surface area (Å²) in [5, 5.41) is 12.0. The average Bonchev–Trinajstić information content (AvgIpc) is 2.81. The minimum Gasteiger partial charge on any atom is -0.465 e. The molecule has 0 fully saturated rings. The second kappa shape index (κ2) is 10.8. The van der Waals surface area contributed by atoms with Crippen LogP contribution in [-0.2, 0) is 16.4 Å². The number of halogens is 2. The first-order valence-electron chi connectivity index (χ1n) is 11.8. The van der Waals surface area contributed by atoms with E-state index in [1.165, 1.54) is 29.0 Å². The Hall–Kier alpha value is -4.39. The van der Waals surface area contributed by atoms with Crippen molar-refractivity contribution in [2.75, 3.05) is 11.0 Å². The third-order valence-corrected chi connectivity index (χ3v) is 6.40. The Labute approximate surface area is 222 Å². The summed E-state index contributed by atoms with van der Waals surface area (Å²) in [7, 11) is -3.64. The second-order valence-corrected chi connectivity index (χ2v) is 11.0. The van der Waals surface area contributed by atoms with Gasteiger partial charge in [0.25, 0.3) is 5.56 Å². The van der Waals surface area contributed by atoms with Crippen molar-refractivity contribution in [2.45, 2.75) is 32.2 Å². The van der Waals surface area contributed by atoms with E-state index in [2.05, 4.69) is 20.0 Å². The lowest BCUT2D eigenvalue weighted by atomic mass is 10.0. The van der Waals surface area contributed by atoms with E-state index in [0.29, 0.717) is 6.07 Å². The molecule has 13 heteroatoms. The van der Waals surface area contributed by atoms with Gasteiger partial charge in [-0.2, -0.15) is 0 Å². The third-order valence-electron chi connectivity index (χ3n) is 5.79. The Bertz CT molecular complexity index is 1700. The van der Waals surface area contributed by atoms with Gasteiger partial charge in [0.1, 0.15) is 17.5 Å². The number of amides is 1. The molecule has 204 valence electrons. The Morgan fingerprint density at radius 2 is 1.77 bits per heavy atom. The van der Waals surface area contributed by atoms with Crippen molar-refractivity contribution in [3.05, 3.63) is 93.8 Å². The number of carbonyl (C=O) groups is 1. The Morgan fingerprint density at radius 1 is 1.08 bits per heavy atom. The summed E-state index contributed by atoms with van der Waals surface area (Å²) in [6.45, 7) is 3.90. The van der Waals surface area contributed by atoms with Crippen molar-refractivity contribution in [2.24, 2.45) is 0 Å². The van der Waals surface area contributed by atoms with E-state index in [9.17, 15) is 31.9 Å². The van der Waals surface area contributed by atoms with Gasteiger partial charge in [-0.05, 0) is 53.9 Å². The van der Waals surface area contributed by atoms with Crippen LogP contribution in [0.25, 0.3) is 16.6 Å². The zero-order valence-electron chi connectivity index (χ0n) is 21.1. The summed E-state index contributed by atoms with van der Waals surface area (Å²) in [5.41, 5.74) is 0.798. The predicted octanol–water partition coefficient (Wildman–Crippen LogP) is 4.11. The lowest BCUT2D eigenvalue weighted by Crippen LogP contribution is -2.35. The van der Waals surface area contributed by atoms with Crippen molar-refractivity contribution in [1.82, 2.24) is 19.9 Å². The van der Waals surface area contributed by atoms with Crippen molar-refractivity contribution < 1.29 is 27.1 Å². The highest BCUT2D eigenvalue weighted by Gasteiger charge is 2.24. The highest BCUT2D eigenvalue weighted by molar-refractivity contribution is 7.92. The maximum Gasteiger partial charge on any atom is 0.405 e. The molecule has 10 nitrogen and oxygen atoms in total. The van der Waals surface area contributed by atoms with Crippen LogP contribution in [0.5, 0.6) is 0 Å². The van der Waals surface area contributed by atoms with Gasteiger partial charge in [-0.1, -0.05) is 13.8 Å². The number of rotatable bonds is 8. The predicted molar refractivity (Wildman–Crippen MR) is 142 cm³/mol. The van der Waals surface area contributed by atoms with Gasteiger partial charge in [-0.15, -0.1) is 0 Å². The van der Waals surface area contributed by atoms with Crippen molar-refractivity contribution in [3.63, 3.8) is 0 Å². The lowest BCUT2D eigenvalue weighted by molar-refractivity contribution is 0.189. The number of hydrogen-bond donors (Lipinski definition) is 3. The lowest BCUT2D eigenvalue weighted by Gasteiger charge is -2.22. The topological polar surface area (TPSA) is 143 Å². The zero-order valence-corrected chi connectivity index (χ0v) is 22.0. The fourth-order valence-electron chi connectivity index (χ4n) is 4.16. The van der Waals surface area contributed by atoms with Crippen LogP contribution in [-0.4, -0.2) is 40.4 Å². The monoisotopic (exact) mass is 557 g/mol. The van der Waals surface area contributed by atoms with Gasteiger partial charge in [-0.25, -0.2) is 27.0 Å². The molecule has 0 bridgehead atoms. The van der Waals surface area contributed by atoms with Crippen molar-refractivity contribution >= 4 is 32.7 Å². The Morgan fingerprint density at radius 3 is 2.33 bits per heavy atom. The normalized spacial score (nSPS) is 12.5. The maximum atomic E-state index is 13.9. The van der Waals surface area contributed by atoms with Gasteiger partial charge in [0.2, 0.25) is 10.0 Å². The first-order valence-corrected chi connectivity index (χ1v) is 13.6. The third kappa shape index (κ3) is 6.55. The zero-order chi connectivity index (χ0) is 28.5. The van der Waals surface area contributed by atoms with Crippen LogP contribution in [0.15, 0.2) is 59.5 Å². The smallest absolute Gasteiger partial charge is 0.405 e. The average molecular weight is 558 g/mol. The minimum atomic E-state index is -3.64. The summed E-state index contributed by atoms with van der Waals surface area (Å²) in [6.07, 6.45) is 0.705. The molecule has 3 N–H and O–H groups in total. The minimum absolute atomic E-state index is 0.0780. The molecule has 0 aliphatic heterocycles. The van der Waals surface area contributed by atoms with Gasteiger partial charge in [0.15, 0.2) is 0 Å². The molecule has 0 aliphatic rings. The second-order valence-electron chi connectivity index (χ2n) is 9.30. The number of carboxylic acid groups (broad SMARTS) is 1. The van der Waals surface area contributed by atoms with Crippen LogP contribution >= 0.6 is 0 Å². The summed E-state index contributed by atoms with van der Waals surface area (Å²) in [5.74, 6) is -1.69. The molecule has 39 heavy (non-hydrogen) atoms. The highest BCUT2D eigenvalue weighted by Crippen LogP contribution is 2.25. The molecular formula is C26H25F2N5O5S. The molecule has 0 radical (unpaired) electrons. The van der Waals surface area contributed by atoms with E-state index in [0.717, 1.165) is 24.1 Å². The molecule has 0 unspecified atom stereocenters. The molecule has 0 saturated carbocycles. The number of benzene rings is 2. The van der Waals surface area contributed by atoms with Crippen molar-refractivity contribution in [1.29, 1.82) is 0 Å². The molecule has 4 rings (SSSR count). The molecule has 4 aromatic rings. The number of anilines is 1. The fourth-order valence-corrected chi connectivity index (χ4v) is 4.71. The number of hydrogen-bond acceptors (Lipinski definition) is 6. The van der Waals surface area contributed by atoms with E-state index >= 15 is 0 Å². The first kappa shape index (κ1) is 27.6. The van der Waals surface area contributed by atoms with E-state index in [4.69, 9.17) is 0 Å². The standard InChI is InChI=1S/C26H25F2N5O5S/c1-14(2)21-7-5-19(13-29-21)33-24(23(31-26(35)36)10-15-8-16(27)11-17(28)9-15)30-22-12-18(32-39(3,37)38)4-6-20(22)25(33)34/h4-9,11-14,23,31-32H,10H2,1-3H3,(H,35,36)/t23-/m0/s1. The van der Waals surface area contributed by atoms with E-state index in [1.54, 1.807) is 12.1 Å². The van der Waals surface area contributed by atoms with Crippen LogP contribution in [0.1, 0.15) is 42.9 Å². The van der Waals surface area contributed by atoms with Crippen LogP contribution in [0, 0.1) is 11.6 Å². The van der Waals surface area contributed by atoms with Gasteiger partial charge >= 0.3 is 6.09 Å². The summed E-state index contributed by atoms with van der Waals surface area (Å²) in [6, 6.07) is 9.05. The van der Waals surface area contributed by atoms with Crippen LogP contribution < -0.4 is 15.6 Å². The van der Waals surface area contributed by atoms with Gasteiger partial charge < -0.3 is 10.4 Å². The van der Waals surface area contributed by atoms with E-state index in [-0.39, 0.29) is 46.0 Å². The number of pyridine rings is 1. The van der Waals surface area contributed by atoms with Gasteiger partial charge in [-0.3, -0.25) is 19.1 Å². The largest absolute Gasteiger partial charge is 0.465 e. The van der Waals surface area contributed by atoms with Gasteiger partial charge in [0, 0.05) is 18.2 Å². The molecule has 2 heterocycles. The fraction of sp³-hybridized carbons (Fsp3) is 0.231. The Balaban J connectivity index is 1.98. The molecule has 0 saturated heterocycles. The quantitative estimate of drug-likeness (QED) is 0.296. The molecule has 1 amide bonds. The highest BCUT2D eigenvalue weighted by atomic mass is 32.2. The summed E-state index contributed by atoms with van der Waals surface area (Å²) >= 11 is 0. The van der Waals surface area contributed by atoms with Crippen LogP contribution in [0.3, 0.4) is 0 Å². The van der Waals surface area contributed by atoms with Crippen LogP contribution in [0.4, 0.5) is 19.3 Å². The molecule has 1 atom stereocenters.